The third kappa shape index (κ3) is 7.20. The lowest BCUT2D eigenvalue weighted by molar-refractivity contribution is 0.0212. The summed E-state index contributed by atoms with van der Waals surface area (Å²) in [5, 5.41) is 8.89. The Balaban J connectivity index is 1.25. The molecule has 1 aliphatic rings. The van der Waals surface area contributed by atoms with Crippen LogP contribution in [0.2, 0.25) is 5.02 Å². The van der Waals surface area contributed by atoms with Crippen molar-refractivity contribution in [3.8, 4) is 5.75 Å². The molecule has 1 fully saturated rings. The summed E-state index contributed by atoms with van der Waals surface area (Å²) < 4.78 is 24.6. The predicted octanol–water partition coefficient (Wildman–Crippen LogP) is 5.82. The lowest BCUT2D eigenvalue weighted by atomic mass is 10.1. The van der Waals surface area contributed by atoms with Crippen LogP contribution in [0.3, 0.4) is 0 Å². The molecule has 4 aromatic rings. The van der Waals surface area contributed by atoms with Gasteiger partial charge in [-0.05, 0) is 60.5 Å². The van der Waals surface area contributed by atoms with Crippen molar-refractivity contribution in [2.45, 2.75) is 13.5 Å². The number of hydrogen-bond acceptors (Lipinski definition) is 8. The Morgan fingerprint density at radius 1 is 1.10 bits per heavy atom. The maximum Gasteiger partial charge on any atom is 0.141 e. The van der Waals surface area contributed by atoms with Gasteiger partial charge in [0, 0.05) is 30.7 Å². The maximum atomic E-state index is 13.4. The molecule has 0 radical (unpaired) electrons. The molecule has 5 rings (SSSR count). The minimum absolute atomic E-state index is 0.210. The molecule has 0 amide bonds. The number of anilines is 2. The molecule has 0 atom stereocenters. The Morgan fingerprint density at radius 2 is 1.97 bits per heavy atom. The highest BCUT2D eigenvalue weighted by atomic mass is 35.5. The number of ether oxygens (including phenoxy) is 2. The summed E-state index contributed by atoms with van der Waals surface area (Å²) in [6.45, 7) is 6.82. The van der Waals surface area contributed by atoms with E-state index < -0.39 is 0 Å². The van der Waals surface area contributed by atoms with E-state index in [9.17, 15) is 4.39 Å². The molecule has 0 saturated carbocycles. The van der Waals surface area contributed by atoms with Gasteiger partial charge in [0.25, 0.3) is 0 Å². The first-order chi connectivity index (χ1) is 19.0. The van der Waals surface area contributed by atoms with Gasteiger partial charge in [-0.25, -0.2) is 14.4 Å². The molecule has 1 N–H and O–H groups in total. The molecule has 1 saturated heterocycles. The smallest absolute Gasteiger partial charge is 0.141 e. The van der Waals surface area contributed by atoms with Crippen LogP contribution in [0.25, 0.3) is 10.9 Å². The summed E-state index contributed by atoms with van der Waals surface area (Å²) in [6.07, 6.45) is 1.51. The number of halogens is 2. The number of nitrogens with one attached hydrogen (secondary N) is 1. The van der Waals surface area contributed by atoms with Crippen molar-refractivity contribution in [1.82, 2.24) is 14.9 Å². The van der Waals surface area contributed by atoms with Crippen LogP contribution in [0.4, 0.5) is 15.9 Å². The van der Waals surface area contributed by atoms with Crippen molar-refractivity contribution in [2.24, 2.45) is 5.16 Å². The Morgan fingerprint density at radius 3 is 2.79 bits per heavy atom. The fraction of sp³-hybridized carbons (Fsp3) is 0.276. The molecule has 10 heteroatoms. The predicted molar refractivity (Wildman–Crippen MR) is 150 cm³/mol. The van der Waals surface area contributed by atoms with Gasteiger partial charge in [0.05, 0.1) is 29.5 Å². The van der Waals surface area contributed by atoms with E-state index in [1.807, 2.05) is 31.2 Å². The summed E-state index contributed by atoms with van der Waals surface area (Å²) in [4.78, 5) is 16.7. The van der Waals surface area contributed by atoms with Crippen molar-refractivity contribution in [3.63, 3.8) is 0 Å². The molecule has 202 valence electrons. The highest BCUT2D eigenvalue weighted by Crippen LogP contribution is 2.31. The van der Waals surface area contributed by atoms with Gasteiger partial charge in [-0.15, -0.1) is 0 Å². The van der Waals surface area contributed by atoms with Crippen molar-refractivity contribution in [1.29, 1.82) is 0 Å². The molecule has 0 bridgehead atoms. The Bertz CT molecular complexity index is 1460. The molecular formula is C29H29ClFN5O3. The third-order valence-corrected chi connectivity index (χ3v) is 6.63. The Hall–Kier alpha value is -3.79. The summed E-state index contributed by atoms with van der Waals surface area (Å²) in [7, 11) is 0. The molecule has 0 spiro atoms. The van der Waals surface area contributed by atoms with E-state index in [1.54, 1.807) is 24.3 Å². The molecule has 39 heavy (non-hydrogen) atoms. The molecule has 0 aliphatic carbocycles. The van der Waals surface area contributed by atoms with Crippen LogP contribution in [0, 0.1) is 5.82 Å². The number of oxime groups is 1. The lowest BCUT2D eigenvalue weighted by Crippen LogP contribution is -2.38. The van der Waals surface area contributed by atoms with Gasteiger partial charge in [0.2, 0.25) is 0 Å². The van der Waals surface area contributed by atoms with Crippen molar-refractivity contribution < 1.29 is 18.7 Å². The second kappa shape index (κ2) is 12.8. The number of aromatic nitrogens is 2. The normalized spacial score (nSPS) is 14.4. The van der Waals surface area contributed by atoms with Gasteiger partial charge in [-0.3, -0.25) is 4.90 Å². The van der Waals surface area contributed by atoms with Gasteiger partial charge in [0.15, 0.2) is 0 Å². The van der Waals surface area contributed by atoms with Gasteiger partial charge in [-0.1, -0.05) is 35.0 Å². The zero-order valence-electron chi connectivity index (χ0n) is 21.6. The zero-order chi connectivity index (χ0) is 27.0. The monoisotopic (exact) mass is 549 g/mol. The number of rotatable bonds is 10. The number of benzene rings is 3. The number of hydrogen-bond donors (Lipinski definition) is 1. The average Bonchev–Trinajstić information content (AvgIpc) is 2.95. The molecule has 8 nitrogen and oxygen atoms in total. The quantitative estimate of drug-likeness (QED) is 0.152. The standard InChI is InChI=1S/C29H29ClFN5O3/c1-20(35-39-14-11-36-9-12-37-13-10-36)22-5-7-27-25(16-22)29(33-19-32-27)34-24-6-8-28(26(30)17-24)38-18-21-3-2-4-23(31)15-21/h2-8,15-17,19H,9-14,18H2,1H3,(H,32,33,34). The van der Waals surface area contributed by atoms with Gasteiger partial charge in [-0.2, -0.15) is 0 Å². The molecular weight excluding hydrogens is 521 g/mol. The molecule has 1 aliphatic heterocycles. The molecule has 2 heterocycles. The summed E-state index contributed by atoms with van der Waals surface area (Å²) >= 11 is 6.48. The second-order valence-electron chi connectivity index (χ2n) is 9.11. The largest absolute Gasteiger partial charge is 0.487 e. The zero-order valence-corrected chi connectivity index (χ0v) is 22.3. The minimum Gasteiger partial charge on any atom is -0.487 e. The first kappa shape index (κ1) is 26.8. The first-order valence-electron chi connectivity index (χ1n) is 12.7. The van der Waals surface area contributed by atoms with Crippen molar-refractivity contribution >= 4 is 39.7 Å². The fourth-order valence-corrected chi connectivity index (χ4v) is 4.43. The minimum atomic E-state index is -0.306. The average molecular weight is 550 g/mol. The van der Waals surface area contributed by atoms with E-state index in [2.05, 4.69) is 25.3 Å². The molecule has 0 unspecified atom stereocenters. The lowest BCUT2D eigenvalue weighted by Gasteiger charge is -2.25. The molecule has 3 aromatic carbocycles. The highest BCUT2D eigenvalue weighted by molar-refractivity contribution is 6.32. The van der Waals surface area contributed by atoms with Crippen LogP contribution >= 0.6 is 11.6 Å². The van der Waals surface area contributed by atoms with Crippen molar-refractivity contribution in [2.75, 3.05) is 44.8 Å². The SMILES string of the molecule is CC(=NOCCN1CCOCC1)c1ccc2ncnc(Nc3ccc(OCc4cccc(F)c4)c(Cl)c3)c2c1. The number of fused-ring (bicyclic) bond motifs is 1. The number of morpholine rings is 1. The van der Waals surface area contributed by atoms with Gasteiger partial charge >= 0.3 is 0 Å². The van der Waals surface area contributed by atoms with Crippen LogP contribution in [0.1, 0.15) is 18.1 Å². The summed E-state index contributed by atoms with van der Waals surface area (Å²) in [6, 6.07) is 17.5. The summed E-state index contributed by atoms with van der Waals surface area (Å²) in [5.41, 5.74) is 3.92. The second-order valence-corrected chi connectivity index (χ2v) is 9.51. The van der Waals surface area contributed by atoms with E-state index in [0.29, 0.717) is 23.2 Å². The van der Waals surface area contributed by atoms with E-state index >= 15 is 0 Å². The van der Waals surface area contributed by atoms with Gasteiger partial charge < -0.3 is 19.6 Å². The van der Waals surface area contributed by atoms with E-state index in [0.717, 1.165) is 66.3 Å². The maximum absolute atomic E-state index is 13.4. The van der Waals surface area contributed by atoms with Crippen molar-refractivity contribution in [3.05, 3.63) is 89.0 Å². The summed E-state index contributed by atoms with van der Waals surface area (Å²) in [5.74, 6) is 0.828. The molecule has 1 aromatic heterocycles. The highest BCUT2D eigenvalue weighted by Gasteiger charge is 2.11. The third-order valence-electron chi connectivity index (χ3n) is 6.34. The first-order valence-corrected chi connectivity index (χ1v) is 13.1. The van der Waals surface area contributed by atoms with E-state index in [1.165, 1.54) is 18.5 Å². The van der Waals surface area contributed by atoms with E-state index in [4.69, 9.17) is 25.9 Å². The Kier molecular flexibility index (Phi) is 8.82. The van der Waals surface area contributed by atoms with Crippen LogP contribution in [0.5, 0.6) is 5.75 Å². The van der Waals surface area contributed by atoms with Crippen LogP contribution in [-0.2, 0) is 16.2 Å². The van der Waals surface area contributed by atoms with Gasteiger partial charge in [0.1, 0.15) is 36.9 Å². The fourth-order valence-electron chi connectivity index (χ4n) is 4.19. The van der Waals surface area contributed by atoms with Crippen LogP contribution in [-0.4, -0.2) is 60.0 Å². The van der Waals surface area contributed by atoms with Crippen LogP contribution < -0.4 is 10.1 Å². The van der Waals surface area contributed by atoms with E-state index in [-0.39, 0.29) is 12.4 Å². The number of nitrogens with zero attached hydrogens (tertiary/aromatic N) is 4. The topological polar surface area (TPSA) is 81.1 Å². The van der Waals surface area contributed by atoms with Crippen LogP contribution in [0.15, 0.2) is 72.1 Å². The Labute approximate surface area is 231 Å².